The lowest BCUT2D eigenvalue weighted by Gasteiger charge is -2.21. The van der Waals surface area contributed by atoms with Crippen molar-refractivity contribution in [1.82, 2.24) is 0 Å². The number of phosphoric acid groups is 2. The summed E-state index contributed by atoms with van der Waals surface area (Å²) in [6, 6.07) is 0. The summed E-state index contributed by atoms with van der Waals surface area (Å²) in [5, 5.41) is 10.5. The molecule has 17 nitrogen and oxygen atoms in total. The molecule has 0 aliphatic heterocycles. The predicted molar refractivity (Wildman–Crippen MR) is 317 cm³/mol. The van der Waals surface area contributed by atoms with Gasteiger partial charge in [0.1, 0.15) is 19.3 Å². The second kappa shape index (κ2) is 53.8. The van der Waals surface area contributed by atoms with Crippen molar-refractivity contribution >= 4 is 39.5 Å². The maximum Gasteiger partial charge on any atom is 0.472 e. The number of hydrogen-bond donors (Lipinski definition) is 3. The van der Waals surface area contributed by atoms with Crippen LogP contribution < -0.4 is 0 Å². The number of hydrogen-bond acceptors (Lipinski definition) is 15. The highest BCUT2D eigenvalue weighted by atomic mass is 31.2. The molecule has 0 amide bonds. The van der Waals surface area contributed by atoms with E-state index in [4.69, 9.17) is 37.0 Å². The number of esters is 4. The van der Waals surface area contributed by atoms with Gasteiger partial charge in [0, 0.05) is 25.7 Å². The topological polar surface area (TPSA) is 237 Å². The Bertz CT molecular complexity index is 1580. The van der Waals surface area contributed by atoms with Gasteiger partial charge in [-0.15, -0.1) is 0 Å². The van der Waals surface area contributed by atoms with E-state index >= 15 is 0 Å². The van der Waals surface area contributed by atoms with E-state index in [1.54, 1.807) is 0 Å². The highest BCUT2D eigenvalue weighted by Gasteiger charge is 2.30. The first kappa shape index (κ1) is 78.1. The van der Waals surface area contributed by atoms with Crippen LogP contribution in [0.5, 0.6) is 0 Å². The molecule has 0 aliphatic carbocycles. The van der Waals surface area contributed by atoms with Crippen LogP contribution in [0.4, 0.5) is 0 Å². The monoisotopic (exact) mass is 1180 g/mol. The molecule has 0 bridgehead atoms. The molecule has 0 fully saturated rings. The van der Waals surface area contributed by atoms with Crippen LogP contribution in [0, 0.1) is 11.8 Å². The molecule has 6 atom stereocenters. The Morgan fingerprint density at radius 2 is 0.637 bits per heavy atom. The van der Waals surface area contributed by atoms with Crippen LogP contribution in [0.15, 0.2) is 0 Å². The number of ether oxygens (including phenoxy) is 4. The van der Waals surface area contributed by atoms with E-state index in [-0.39, 0.29) is 25.7 Å². The minimum absolute atomic E-state index is 0.104. The van der Waals surface area contributed by atoms with E-state index in [2.05, 4.69) is 41.5 Å². The lowest BCUT2D eigenvalue weighted by molar-refractivity contribution is -0.161. The molecule has 80 heavy (non-hydrogen) atoms. The molecule has 0 heterocycles. The van der Waals surface area contributed by atoms with Gasteiger partial charge in [0.25, 0.3) is 0 Å². The Morgan fingerprint density at radius 3 is 0.950 bits per heavy atom. The number of carbonyl (C=O) groups is 4. The SMILES string of the molecule is CCCCCCCCCCCC(=O)O[C@H](COC(=O)CCCCCCC)COP(=O)(O)OC[C@H](O)COP(=O)(O)OC[C@@H](COC(=O)CCCCCCCCCCCC(C)C)OC(=O)CCCCCCCCCCCCC(C)CC. The quantitative estimate of drug-likeness (QED) is 0.0222. The molecule has 3 unspecified atom stereocenters. The molecular weight excluding hydrogens is 1070 g/mol. The van der Waals surface area contributed by atoms with Crippen molar-refractivity contribution in [3.63, 3.8) is 0 Å². The van der Waals surface area contributed by atoms with Crippen LogP contribution in [0.2, 0.25) is 0 Å². The van der Waals surface area contributed by atoms with Gasteiger partial charge in [0.2, 0.25) is 0 Å². The third kappa shape index (κ3) is 54.0. The largest absolute Gasteiger partial charge is 0.472 e. The van der Waals surface area contributed by atoms with E-state index < -0.39 is 97.5 Å². The third-order valence-electron chi connectivity index (χ3n) is 14.3. The maximum absolute atomic E-state index is 12.9. The Hall–Kier alpha value is -1.94. The zero-order chi connectivity index (χ0) is 59.4. The fraction of sp³-hybridized carbons (Fsp3) is 0.934. The Kier molecular flexibility index (Phi) is 52.5. The fourth-order valence-electron chi connectivity index (χ4n) is 8.97. The van der Waals surface area contributed by atoms with Crippen LogP contribution in [-0.2, 0) is 65.4 Å². The van der Waals surface area contributed by atoms with Crippen molar-refractivity contribution in [3.8, 4) is 0 Å². The average Bonchev–Trinajstić information content (AvgIpc) is 3.42. The molecule has 19 heteroatoms. The normalized spacial score (nSPS) is 14.7. The van der Waals surface area contributed by atoms with Gasteiger partial charge in [-0.1, -0.05) is 247 Å². The molecule has 3 N–H and O–H groups in total. The molecule has 0 saturated heterocycles. The molecule has 0 saturated carbocycles. The van der Waals surface area contributed by atoms with Gasteiger partial charge >= 0.3 is 39.5 Å². The van der Waals surface area contributed by atoms with Gasteiger partial charge in [-0.2, -0.15) is 0 Å². The van der Waals surface area contributed by atoms with Crippen molar-refractivity contribution in [2.24, 2.45) is 11.8 Å². The summed E-state index contributed by atoms with van der Waals surface area (Å²) in [6.07, 6.45) is 35.1. The van der Waals surface area contributed by atoms with Crippen LogP contribution in [0.25, 0.3) is 0 Å². The van der Waals surface area contributed by atoms with E-state index in [1.165, 1.54) is 109 Å². The Balaban J connectivity index is 5.19. The van der Waals surface area contributed by atoms with Crippen molar-refractivity contribution in [1.29, 1.82) is 0 Å². The molecule has 0 aromatic carbocycles. The van der Waals surface area contributed by atoms with Gasteiger partial charge in [-0.05, 0) is 37.5 Å². The smallest absolute Gasteiger partial charge is 0.462 e. The second-order valence-electron chi connectivity index (χ2n) is 22.8. The molecular formula is C61H118O17P2. The molecule has 0 aromatic heterocycles. The Labute approximate surface area is 486 Å². The standard InChI is InChI=1S/C61H118O17P2/c1-7-10-12-14-15-19-27-33-39-45-60(65)77-56(49-71-58(63)43-37-29-13-11-8-2)51-75-79(67,68)73-47-55(62)48-74-80(69,70)76-52-57(50-72-59(64)44-38-32-26-23-18-20-24-30-35-41-53(4)5)78-61(66)46-40-34-28-22-17-16-21-25-31-36-42-54(6)9-3/h53-57,62H,7-52H2,1-6H3,(H,67,68)(H,69,70)/t54?,55-,56+,57+/m0/s1. The van der Waals surface area contributed by atoms with Gasteiger partial charge in [0.05, 0.1) is 26.4 Å². The van der Waals surface area contributed by atoms with E-state index in [0.29, 0.717) is 25.7 Å². The average molecular weight is 1190 g/mol. The molecule has 0 radical (unpaired) electrons. The Morgan fingerprint density at radius 1 is 0.362 bits per heavy atom. The summed E-state index contributed by atoms with van der Waals surface area (Å²) in [7, 11) is -9.87. The van der Waals surface area contributed by atoms with Crippen LogP contribution in [-0.4, -0.2) is 96.7 Å². The predicted octanol–water partition coefficient (Wildman–Crippen LogP) is 16.5. The summed E-state index contributed by atoms with van der Waals surface area (Å²) in [6.45, 7) is 9.37. The number of aliphatic hydroxyl groups excluding tert-OH is 1. The zero-order valence-corrected chi connectivity index (χ0v) is 53.2. The van der Waals surface area contributed by atoms with Crippen molar-refractivity contribution in [2.75, 3.05) is 39.6 Å². The second-order valence-corrected chi connectivity index (χ2v) is 25.7. The fourth-order valence-corrected chi connectivity index (χ4v) is 10.5. The van der Waals surface area contributed by atoms with E-state index in [0.717, 1.165) is 108 Å². The summed E-state index contributed by atoms with van der Waals surface area (Å²) in [5.41, 5.74) is 0. The van der Waals surface area contributed by atoms with Crippen LogP contribution in [0.3, 0.4) is 0 Å². The maximum atomic E-state index is 12.9. The molecule has 0 rings (SSSR count). The molecule has 0 aliphatic rings. The first-order valence-electron chi connectivity index (χ1n) is 32.0. The van der Waals surface area contributed by atoms with Crippen molar-refractivity contribution < 1.29 is 80.2 Å². The number of aliphatic hydroxyl groups is 1. The van der Waals surface area contributed by atoms with Crippen molar-refractivity contribution in [3.05, 3.63) is 0 Å². The highest BCUT2D eigenvalue weighted by Crippen LogP contribution is 2.45. The number of unbranched alkanes of at least 4 members (excludes halogenated alkanes) is 29. The van der Waals surface area contributed by atoms with Crippen LogP contribution >= 0.6 is 15.6 Å². The summed E-state index contributed by atoms with van der Waals surface area (Å²) >= 11 is 0. The molecule has 474 valence electrons. The van der Waals surface area contributed by atoms with Gasteiger partial charge in [0.15, 0.2) is 12.2 Å². The number of rotatable bonds is 60. The summed E-state index contributed by atoms with van der Waals surface area (Å²) < 4.78 is 67.7. The zero-order valence-electron chi connectivity index (χ0n) is 51.4. The van der Waals surface area contributed by atoms with Crippen molar-refractivity contribution in [2.45, 2.75) is 317 Å². The number of phosphoric ester groups is 2. The summed E-state index contributed by atoms with van der Waals surface area (Å²) in [5.74, 6) is -0.603. The van der Waals surface area contributed by atoms with E-state index in [9.17, 15) is 43.2 Å². The highest BCUT2D eigenvalue weighted by molar-refractivity contribution is 7.47. The van der Waals surface area contributed by atoms with Crippen LogP contribution in [0.1, 0.15) is 298 Å². The molecule has 0 spiro atoms. The van der Waals surface area contributed by atoms with Gasteiger partial charge in [-0.3, -0.25) is 37.3 Å². The minimum atomic E-state index is -4.94. The van der Waals surface area contributed by atoms with Gasteiger partial charge in [-0.25, -0.2) is 9.13 Å². The van der Waals surface area contributed by atoms with E-state index in [1.807, 2.05) is 0 Å². The first-order chi connectivity index (χ1) is 38.4. The lowest BCUT2D eigenvalue weighted by Crippen LogP contribution is -2.30. The molecule has 0 aromatic rings. The van der Waals surface area contributed by atoms with Gasteiger partial charge < -0.3 is 33.8 Å². The lowest BCUT2D eigenvalue weighted by atomic mass is 9.99. The first-order valence-corrected chi connectivity index (χ1v) is 35.0. The minimum Gasteiger partial charge on any atom is -0.462 e. The summed E-state index contributed by atoms with van der Waals surface area (Å²) in [4.78, 5) is 71.8. The third-order valence-corrected chi connectivity index (χ3v) is 16.2. The number of carbonyl (C=O) groups excluding carboxylic acids is 4.